The van der Waals surface area contributed by atoms with Crippen LogP contribution in [0.5, 0.6) is 0 Å². The number of carbonyl (C=O) groups excluding carboxylic acids is 2. The quantitative estimate of drug-likeness (QED) is 0.618. The Balaban J connectivity index is 2.35. The largest absolute Gasteiger partial charge is 0.468 e. The molecular formula is C13H13NO3S. The van der Waals surface area contributed by atoms with E-state index in [9.17, 15) is 9.59 Å². The number of esters is 1. The van der Waals surface area contributed by atoms with Crippen molar-refractivity contribution in [2.24, 2.45) is 0 Å². The molecule has 0 unspecified atom stereocenters. The first-order valence-corrected chi connectivity index (χ1v) is 6.27. The summed E-state index contributed by atoms with van der Waals surface area (Å²) in [4.78, 5) is 25.5. The van der Waals surface area contributed by atoms with Crippen molar-refractivity contribution >= 4 is 29.2 Å². The van der Waals surface area contributed by atoms with Crippen LogP contribution in [-0.4, -0.2) is 25.4 Å². The molecule has 0 aromatic heterocycles. The van der Waals surface area contributed by atoms with Gasteiger partial charge in [-0.1, -0.05) is 23.9 Å². The zero-order chi connectivity index (χ0) is 13.1. The zero-order valence-electron chi connectivity index (χ0n) is 10.2. The number of methoxy groups -OCH3 is 1. The number of fused-ring (bicyclic) bond motifs is 1. The summed E-state index contributed by atoms with van der Waals surface area (Å²) in [6.45, 7) is 1.60. The molecule has 4 nitrogen and oxygen atoms in total. The summed E-state index contributed by atoms with van der Waals surface area (Å²) < 4.78 is 4.68. The number of para-hydroxylation sites is 1. The minimum Gasteiger partial charge on any atom is -0.468 e. The SMILES string of the molecule is COC(=O)CN1/C(=C/C(C)=O)Sc2ccccc21. The average molecular weight is 263 g/mol. The average Bonchev–Trinajstić information content (AvgIpc) is 2.66. The molecule has 0 saturated heterocycles. The monoisotopic (exact) mass is 263 g/mol. The van der Waals surface area contributed by atoms with Crippen LogP contribution in [0.1, 0.15) is 6.92 Å². The standard InChI is InChI=1S/C13H13NO3S/c1-9(15)7-12-14(8-13(16)17-2)10-5-3-4-6-11(10)18-12/h3-7H,8H2,1-2H3/b12-7-. The van der Waals surface area contributed by atoms with Crippen molar-refractivity contribution in [3.8, 4) is 0 Å². The fraction of sp³-hybridized carbons (Fsp3) is 0.231. The molecule has 18 heavy (non-hydrogen) atoms. The summed E-state index contributed by atoms with van der Waals surface area (Å²) in [5.41, 5.74) is 0.931. The van der Waals surface area contributed by atoms with E-state index in [-0.39, 0.29) is 18.3 Å². The molecule has 0 radical (unpaired) electrons. The number of hydrogen-bond acceptors (Lipinski definition) is 5. The molecule has 1 aliphatic heterocycles. The third-order valence-electron chi connectivity index (χ3n) is 2.48. The number of carbonyl (C=O) groups is 2. The third-order valence-corrected chi connectivity index (χ3v) is 3.59. The highest BCUT2D eigenvalue weighted by molar-refractivity contribution is 8.03. The Labute approximate surface area is 110 Å². The van der Waals surface area contributed by atoms with Crippen LogP contribution < -0.4 is 4.90 Å². The number of ketones is 1. The smallest absolute Gasteiger partial charge is 0.325 e. The van der Waals surface area contributed by atoms with Gasteiger partial charge in [-0.05, 0) is 19.1 Å². The van der Waals surface area contributed by atoms with Crippen LogP contribution in [0, 0.1) is 0 Å². The Morgan fingerprint density at radius 2 is 2.11 bits per heavy atom. The van der Waals surface area contributed by atoms with Crippen molar-refractivity contribution in [3.05, 3.63) is 35.4 Å². The van der Waals surface area contributed by atoms with Gasteiger partial charge in [0.1, 0.15) is 6.54 Å². The third kappa shape index (κ3) is 2.56. The molecule has 2 rings (SSSR count). The predicted octanol–water partition coefficient (Wildman–Crippen LogP) is 2.20. The summed E-state index contributed by atoms with van der Waals surface area (Å²) in [5.74, 6) is -0.373. The maximum absolute atomic E-state index is 11.4. The highest BCUT2D eigenvalue weighted by atomic mass is 32.2. The molecule has 0 bridgehead atoms. The number of thioether (sulfide) groups is 1. The Bertz CT molecular complexity index is 525. The van der Waals surface area contributed by atoms with E-state index < -0.39 is 0 Å². The highest BCUT2D eigenvalue weighted by Gasteiger charge is 2.26. The van der Waals surface area contributed by atoms with Crippen LogP contribution in [-0.2, 0) is 14.3 Å². The van der Waals surface area contributed by atoms with Crippen LogP contribution in [0.15, 0.2) is 40.3 Å². The van der Waals surface area contributed by atoms with Gasteiger partial charge in [-0.3, -0.25) is 9.59 Å². The van der Waals surface area contributed by atoms with Crippen molar-refractivity contribution in [3.63, 3.8) is 0 Å². The lowest BCUT2D eigenvalue weighted by molar-refractivity contribution is -0.138. The fourth-order valence-corrected chi connectivity index (χ4v) is 2.84. The molecule has 1 aliphatic rings. The molecular weight excluding hydrogens is 250 g/mol. The van der Waals surface area contributed by atoms with Gasteiger partial charge >= 0.3 is 5.97 Å². The van der Waals surface area contributed by atoms with Gasteiger partial charge in [-0.2, -0.15) is 0 Å². The number of hydrogen-bond donors (Lipinski definition) is 0. The molecule has 1 heterocycles. The van der Waals surface area contributed by atoms with E-state index in [1.165, 1.54) is 31.9 Å². The molecule has 0 aliphatic carbocycles. The van der Waals surface area contributed by atoms with Crippen molar-refractivity contribution < 1.29 is 14.3 Å². The van der Waals surface area contributed by atoms with E-state index in [1.807, 2.05) is 24.3 Å². The summed E-state index contributed by atoms with van der Waals surface area (Å²) in [7, 11) is 1.35. The second kappa shape index (κ2) is 5.27. The van der Waals surface area contributed by atoms with Gasteiger partial charge in [0.25, 0.3) is 0 Å². The topological polar surface area (TPSA) is 46.6 Å². The van der Waals surface area contributed by atoms with Crippen LogP contribution >= 0.6 is 11.8 Å². The number of ether oxygens (including phenoxy) is 1. The number of anilines is 1. The summed E-state index contributed by atoms with van der Waals surface area (Å²) in [6.07, 6.45) is 1.54. The fourth-order valence-electron chi connectivity index (χ4n) is 1.69. The molecule has 1 aromatic carbocycles. The first-order valence-electron chi connectivity index (χ1n) is 5.45. The van der Waals surface area contributed by atoms with E-state index in [0.717, 1.165) is 15.6 Å². The van der Waals surface area contributed by atoms with Gasteiger partial charge in [-0.25, -0.2) is 0 Å². The minimum absolute atomic E-state index is 0.0415. The number of benzene rings is 1. The number of rotatable bonds is 3. The van der Waals surface area contributed by atoms with E-state index >= 15 is 0 Å². The van der Waals surface area contributed by atoms with Gasteiger partial charge in [0, 0.05) is 11.0 Å². The molecule has 0 amide bonds. The van der Waals surface area contributed by atoms with E-state index in [2.05, 4.69) is 4.74 Å². The molecule has 0 spiro atoms. The van der Waals surface area contributed by atoms with E-state index in [1.54, 1.807) is 4.90 Å². The maximum atomic E-state index is 11.4. The molecule has 94 valence electrons. The lowest BCUT2D eigenvalue weighted by Gasteiger charge is -2.18. The molecule has 0 atom stereocenters. The second-order valence-corrected chi connectivity index (χ2v) is 4.89. The summed E-state index contributed by atoms with van der Waals surface area (Å²) in [5, 5.41) is 0.758. The normalized spacial score (nSPS) is 15.7. The molecule has 5 heteroatoms. The lowest BCUT2D eigenvalue weighted by atomic mass is 10.3. The molecule has 0 fully saturated rings. The van der Waals surface area contributed by atoms with Gasteiger partial charge < -0.3 is 9.64 Å². The first-order chi connectivity index (χ1) is 8.61. The second-order valence-electron chi connectivity index (χ2n) is 3.83. The van der Waals surface area contributed by atoms with Crippen LogP contribution in [0.3, 0.4) is 0 Å². The van der Waals surface area contributed by atoms with Crippen molar-refractivity contribution in [1.82, 2.24) is 0 Å². The predicted molar refractivity (Wildman–Crippen MR) is 70.4 cm³/mol. The Kier molecular flexibility index (Phi) is 3.72. The molecule has 0 saturated carbocycles. The van der Waals surface area contributed by atoms with Gasteiger partial charge in [0.15, 0.2) is 5.78 Å². The summed E-state index contributed by atoms with van der Waals surface area (Å²) in [6, 6.07) is 7.72. The van der Waals surface area contributed by atoms with E-state index in [4.69, 9.17) is 0 Å². The van der Waals surface area contributed by atoms with Crippen molar-refractivity contribution in [2.45, 2.75) is 11.8 Å². The van der Waals surface area contributed by atoms with Crippen molar-refractivity contribution in [2.75, 3.05) is 18.6 Å². The first kappa shape index (κ1) is 12.7. The van der Waals surface area contributed by atoms with Crippen LogP contribution in [0.4, 0.5) is 5.69 Å². The summed E-state index contributed by atoms with van der Waals surface area (Å²) >= 11 is 1.48. The van der Waals surface area contributed by atoms with E-state index in [0.29, 0.717) is 0 Å². The Morgan fingerprint density at radius 3 is 2.78 bits per heavy atom. The van der Waals surface area contributed by atoms with Crippen LogP contribution in [0.25, 0.3) is 0 Å². The van der Waals surface area contributed by atoms with Gasteiger partial charge in [0.2, 0.25) is 0 Å². The highest BCUT2D eigenvalue weighted by Crippen LogP contribution is 2.45. The number of nitrogens with zero attached hydrogens (tertiary/aromatic N) is 1. The van der Waals surface area contributed by atoms with Gasteiger partial charge in [0.05, 0.1) is 17.8 Å². The lowest BCUT2D eigenvalue weighted by Crippen LogP contribution is -2.27. The van der Waals surface area contributed by atoms with Gasteiger partial charge in [-0.15, -0.1) is 0 Å². The van der Waals surface area contributed by atoms with Crippen molar-refractivity contribution in [1.29, 1.82) is 0 Å². The van der Waals surface area contributed by atoms with Crippen LogP contribution in [0.2, 0.25) is 0 Å². The molecule has 1 aromatic rings. The minimum atomic E-state index is -0.332. The maximum Gasteiger partial charge on any atom is 0.325 e. The Hall–Kier alpha value is -1.75. The number of allylic oxidation sites excluding steroid dienone is 1. The molecule has 0 N–H and O–H groups in total. The Morgan fingerprint density at radius 1 is 1.39 bits per heavy atom. The zero-order valence-corrected chi connectivity index (χ0v) is 11.0.